The van der Waals surface area contributed by atoms with E-state index in [2.05, 4.69) is 48.8 Å². The number of aromatic nitrogens is 4. The summed E-state index contributed by atoms with van der Waals surface area (Å²) < 4.78 is 8.33. The van der Waals surface area contributed by atoms with E-state index in [4.69, 9.17) is 10.2 Å². The fourth-order valence-electron chi connectivity index (χ4n) is 2.38. The lowest BCUT2D eigenvalue weighted by Gasteiger charge is -2.40. The second-order valence-corrected chi connectivity index (χ2v) is 12.6. The molecule has 2 aromatic heterocycles. The van der Waals surface area contributed by atoms with Crippen LogP contribution in [0.4, 0.5) is 5.82 Å². The molecule has 24 heavy (non-hydrogen) atoms. The molecule has 0 amide bonds. The minimum absolute atomic E-state index is 0.0377. The minimum Gasteiger partial charge on any atom is -0.414 e. The van der Waals surface area contributed by atoms with Gasteiger partial charge in [0.05, 0.1) is 12.9 Å². The number of imidazole rings is 1. The van der Waals surface area contributed by atoms with Gasteiger partial charge in [-0.1, -0.05) is 20.8 Å². The predicted molar refractivity (Wildman–Crippen MR) is 98.1 cm³/mol. The fraction of sp³-hybridized carbons (Fsp3) is 0.688. The van der Waals surface area contributed by atoms with E-state index in [0.29, 0.717) is 23.5 Å². The zero-order chi connectivity index (χ0) is 18.1. The highest BCUT2D eigenvalue weighted by atomic mass is 28.4. The maximum Gasteiger partial charge on any atom is 0.192 e. The van der Waals surface area contributed by atoms with Gasteiger partial charge in [0, 0.05) is 18.6 Å². The number of aliphatic hydroxyl groups is 1. The van der Waals surface area contributed by atoms with Crippen LogP contribution in [0.5, 0.6) is 0 Å². The van der Waals surface area contributed by atoms with Crippen LogP contribution in [0.25, 0.3) is 11.2 Å². The average Bonchev–Trinajstić information content (AvgIpc) is 2.87. The summed E-state index contributed by atoms with van der Waals surface area (Å²) in [6.45, 7) is 13.7. The quantitative estimate of drug-likeness (QED) is 0.776. The molecule has 0 aliphatic carbocycles. The van der Waals surface area contributed by atoms with Gasteiger partial charge in [0.25, 0.3) is 0 Å². The Hall–Kier alpha value is -1.51. The van der Waals surface area contributed by atoms with Crippen molar-refractivity contribution in [3.8, 4) is 0 Å². The Morgan fingerprint density at radius 3 is 2.54 bits per heavy atom. The van der Waals surface area contributed by atoms with Crippen molar-refractivity contribution in [2.75, 3.05) is 12.3 Å². The van der Waals surface area contributed by atoms with Crippen LogP contribution in [0.3, 0.4) is 0 Å². The highest BCUT2D eigenvalue weighted by Crippen LogP contribution is 2.38. The zero-order valence-corrected chi connectivity index (χ0v) is 16.4. The molecule has 0 radical (unpaired) electrons. The summed E-state index contributed by atoms with van der Waals surface area (Å²) in [7, 11) is -1.89. The van der Waals surface area contributed by atoms with Crippen LogP contribution < -0.4 is 5.73 Å². The van der Waals surface area contributed by atoms with E-state index in [9.17, 15) is 5.11 Å². The van der Waals surface area contributed by atoms with Gasteiger partial charge in [0.2, 0.25) is 0 Å². The SMILES string of the molecule is C[C@@H](O[Si](C)(C)C(C)(C)C)[C@@H](CO)Cn1cnc2c(N)ncnc21. The number of hydrogen-bond acceptors (Lipinski definition) is 6. The zero-order valence-electron chi connectivity index (χ0n) is 15.4. The number of fused-ring (bicyclic) bond motifs is 1. The van der Waals surface area contributed by atoms with Crippen molar-refractivity contribution in [3.05, 3.63) is 12.7 Å². The molecule has 0 saturated carbocycles. The van der Waals surface area contributed by atoms with Crippen molar-refractivity contribution in [1.82, 2.24) is 19.5 Å². The molecular weight excluding hydrogens is 322 g/mol. The lowest BCUT2D eigenvalue weighted by Crippen LogP contribution is -2.46. The molecule has 2 heterocycles. The van der Waals surface area contributed by atoms with Crippen molar-refractivity contribution in [2.45, 2.75) is 58.5 Å². The third kappa shape index (κ3) is 3.76. The maximum absolute atomic E-state index is 9.87. The van der Waals surface area contributed by atoms with Crippen LogP contribution in [0.1, 0.15) is 27.7 Å². The van der Waals surface area contributed by atoms with Gasteiger partial charge in [-0.3, -0.25) is 0 Å². The fourth-order valence-corrected chi connectivity index (χ4v) is 3.85. The summed E-state index contributed by atoms with van der Waals surface area (Å²) >= 11 is 0. The summed E-state index contributed by atoms with van der Waals surface area (Å²) in [5.74, 6) is 0.317. The monoisotopic (exact) mass is 351 g/mol. The van der Waals surface area contributed by atoms with Crippen molar-refractivity contribution in [1.29, 1.82) is 0 Å². The van der Waals surface area contributed by atoms with Gasteiger partial charge in [-0.25, -0.2) is 15.0 Å². The smallest absolute Gasteiger partial charge is 0.192 e. The van der Waals surface area contributed by atoms with Crippen molar-refractivity contribution < 1.29 is 9.53 Å². The molecule has 0 aromatic carbocycles. The highest BCUT2D eigenvalue weighted by molar-refractivity contribution is 6.74. The van der Waals surface area contributed by atoms with Gasteiger partial charge in [-0.15, -0.1) is 0 Å². The first-order chi connectivity index (χ1) is 11.1. The minimum atomic E-state index is -1.89. The lowest BCUT2D eigenvalue weighted by atomic mass is 10.1. The van der Waals surface area contributed by atoms with Gasteiger partial charge < -0.3 is 19.8 Å². The summed E-state index contributed by atoms with van der Waals surface area (Å²) in [6, 6.07) is 0. The van der Waals surface area contributed by atoms with Gasteiger partial charge in [0.15, 0.2) is 19.8 Å². The van der Waals surface area contributed by atoms with E-state index in [1.165, 1.54) is 6.33 Å². The third-order valence-electron chi connectivity index (χ3n) is 5.05. The molecule has 0 spiro atoms. The van der Waals surface area contributed by atoms with E-state index >= 15 is 0 Å². The first-order valence-electron chi connectivity index (χ1n) is 8.27. The van der Waals surface area contributed by atoms with Gasteiger partial charge >= 0.3 is 0 Å². The Labute approximate surface area is 144 Å². The highest BCUT2D eigenvalue weighted by Gasteiger charge is 2.39. The van der Waals surface area contributed by atoms with Crippen LogP contribution in [0, 0.1) is 5.92 Å². The van der Waals surface area contributed by atoms with E-state index < -0.39 is 8.32 Å². The Bertz CT molecular complexity index is 695. The molecule has 2 atom stereocenters. The van der Waals surface area contributed by atoms with E-state index in [1.54, 1.807) is 6.33 Å². The molecule has 0 bridgehead atoms. The van der Waals surface area contributed by atoms with Gasteiger partial charge in [-0.2, -0.15) is 0 Å². The van der Waals surface area contributed by atoms with Gasteiger partial charge in [0.1, 0.15) is 11.8 Å². The van der Waals surface area contributed by atoms with Crippen LogP contribution >= 0.6 is 0 Å². The molecule has 134 valence electrons. The Balaban J connectivity index is 2.18. The molecule has 7 nitrogen and oxygen atoms in total. The number of nitrogen functional groups attached to an aromatic ring is 1. The number of anilines is 1. The molecular formula is C16H29N5O2Si. The Morgan fingerprint density at radius 2 is 1.96 bits per heavy atom. The molecule has 2 rings (SSSR count). The maximum atomic E-state index is 9.87. The van der Waals surface area contributed by atoms with Crippen LogP contribution in [-0.4, -0.2) is 45.7 Å². The first-order valence-corrected chi connectivity index (χ1v) is 11.2. The summed E-state index contributed by atoms with van der Waals surface area (Å²) in [4.78, 5) is 12.5. The average molecular weight is 352 g/mol. The molecule has 0 saturated heterocycles. The molecule has 2 aromatic rings. The largest absolute Gasteiger partial charge is 0.414 e. The summed E-state index contributed by atoms with van der Waals surface area (Å²) in [6.07, 6.45) is 3.06. The molecule has 0 aliphatic heterocycles. The van der Waals surface area contributed by atoms with E-state index in [0.717, 1.165) is 0 Å². The van der Waals surface area contributed by atoms with Crippen LogP contribution in [-0.2, 0) is 11.0 Å². The molecule has 8 heteroatoms. The predicted octanol–water partition coefficient (Wildman–Crippen LogP) is 2.43. The lowest BCUT2D eigenvalue weighted by molar-refractivity contribution is 0.0783. The second kappa shape index (κ2) is 6.77. The van der Waals surface area contributed by atoms with E-state index in [-0.39, 0.29) is 23.7 Å². The summed E-state index contributed by atoms with van der Waals surface area (Å²) in [5.41, 5.74) is 7.10. The molecule has 0 aliphatic rings. The van der Waals surface area contributed by atoms with Crippen LogP contribution in [0.2, 0.25) is 18.1 Å². The topological polar surface area (TPSA) is 99.1 Å². The standard InChI is InChI=1S/C16H29N5O2Si/c1-11(23-24(5,6)16(2,3)4)12(8-22)7-21-10-20-13-14(17)18-9-19-15(13)21/h9-12,22H,7-8H2,1-6H3,(H2,17,18,19)/t11-,12-/m1/s1. The molecule has 3 N–H and O–H groups in total. The normalized spacial score (nSPS) is 15.6. The van der Waals surface area contributed by atoms with Crippen molar-refractivity contribution in [2.24, 2.45) is 5.92 Å². The van der Waals surface area contributed by atoms with E-state index in [1.807, 2.05) is 11.5 Å². The van der Waals surface area contributed by atoms with Crippen molar-refractivity contribution >= 4 is 25.3 Å². The van der Waals surface area contributed by atoms with Crippen molar-refractivity contribution in [3.63, 3.8) is 0 Å². The number of aliphatic hydroxyl groups excluding tert-OH is 1. The first kappa shape index (κ1) is 18.8. The number of rotatable bonds is 6. The number of nitrogens with two attached hydrogens (primary N) is 1. The molecule has 0 unspecified atom stereocenters. The van der Waals surface area contributed by atoms with Gasteiger partial charge in [-0.05, 0) is 25.1 Å². The number of hydrogen-bond donors (Lipinski definition) is 2. The van der Waals surface area contributed by atoms with Crippen LogP contribution in [0.15, 0.2) is 12.7 Å². The summed E-state index contributed by atoms with van der Waals surface area (Å²) in [5, 5.41) is 10.00. The second-order valence-electron chi connectivity index (χ2n) is 7.85. The Morgan fingerprint density at radius 1 is 1.29 bits per heavy atom. The number of nitrogens with zero attached hydrogens (tertiary/aromatic N) is 4. The third-order valence-corrected chi connectivity index (χ3v) is 9.62. The Kier molecular flexibility index (Phi) is 5.31. The molecule has 0 fully saturated rings.